The van der Waals surface area contributed by atoms with Crippen LogP contribution in [0.4, 0.5) is 0 Å². The number of carboxylic acid groups (broad SMARTS) is 2. The molecule has 0 saturated carbocycles. The van der Waals surface area contributed by atoms with Gasteiger partial charge in [-0.15, -0.1) is 0 Å². The Morgan fingerprint density at radius 2 is 1.25 bits per heavy atom. The number of hydrogen-bond donors (Lipinski definition) is 2. The second-order valence-corrected chi connectivity index (χ2v) is 6.47. The lowest BCUT2D eigenvalue weighted by Crippen LogP contribution is -2.40. The average molecular weight is 384 g/mol. The summed E-state index contributed by atoms with van der Waals surface area (Å²) in [6.07, 6.45) is -2.61. The second kappa shape index (κ2) is 8.94. The highest BCUT2D eigenvalue weighted by Gasteiger charge is 2.39. The van der Waals surface area contributed by atoms with Crippen LogP contribution in [0.5, 0.6) is 0 Å². The molecular formula is C21H20O7. The van der Waals surface area contributed by atoms with E-state index in [-0.39, 0.29) is 11.1 Å². The number of carboxylic acids is 2. The van der Waals surface area contributed by atoms with Gasteiger partial charge in [0.25, 0.3) is 0 Å². The number of ether oxygens (including phenoxy) is 1. The molecule has 0 bridgehead atoms. The van der Waals surface area contributed by atoms with Gasteiger partial charge in [-0.1, -0.05) is 47.5 Å². The van der Waals surface area contributed by atoms with Crippen LogP contribution >= 0.6 is 0 Å². The Morgan fingerprint density at radius 1 is 0.786 bits per heavy atom. The lowest BCUT2D eigenvalue weighted by molar-refractivity contribution is -0.159. The predicted octanol–water partition coefficient (Wildman–Crippen LogP) is 2.89. The molecule has 0 aliphatic rings. The van der Waals surface area contributed by atoms with Crippen LogP contribution < -0.4 is 0 Å². The van der Waals surface area contributed by atoms with Crippen molar-refractivity contribution in [2.75, 3.05) is 0 Å². The van der Waals surface area contributed by atoms with Crippen LogP contribution in [0.25, 0.3) is 0 Å². The Balaban J connectivity index is 2.21. The van der Waals surface area contributed by atoms with E-state index in [1.54, 1.807) is 24.3 Å². The number of Topliss-reactive ketones (excluding diaryl/α,β-unsaturated/α-hetero) is 1. The molecule has 0 heterocycles. The largest absolute Gasteiger partial charge is 0.481 e. The summed E-state index contributed by atoms with van der Waals surface area (Å²) in [5.41, 5.74) is 2.15. The monoisotopic (exact) mass is 384 g/mol. The summed E-state index contributed by atoms with van der Waals surface area (Å²) in [6.45, 7) is 3.64. The highest BCUT2D eigenvalue weighted by atomic mass is 16.6. The minimum Gasteiger partial charge on any atom is -0.481 e. The zero-order valence-electron chi connectivity index (χ0n) is 15.4. The van der Waals surface area contributed by atoms with Crippen molar-refractivity contribution in [3.8, 4) is 0 Å². The number of esters is 1. The molecule has 0 fully saturated rings. The fraction of sp³-hybridized carbons (Fsp3) is 0.238. The first-order valence-corrected chi connectivity index (χ1v) is 8.52. The smallest absolute Gasteiger partial charge is 0.345 e. The molecule has 2 aromatic carbocycles. The Hall–Kier alpha value is -3.48. The molecule has 2 rings (SSSR count). The Bertz CT molecular complexity index is 806. The summed E-state index contributed by atoms with van der Waals surface area (Å²) in [5.74, 6) is -6.42. The van der Waals surface area contributed by atoms with E-state index in [1.807, 2.05) is 13.8 Å². The van der Waals surface area contributed by atoms with Gasteiger partial charge in [-0.2, -0.15) is 0 Å². The van der Waals surface area contributed by atoms with Gasteiger partial charge in [-0.3, -0.25) is 9.59 Å². The molecule has 0 aromatic heterocycles. The van der Waals surface area contributed by atoms with Crippen LogP contribution in [0.15, 0.2) is 48.5 Å². The summed E-state index contributed by atoms with van der Waals surface area (Å²) in [6, 6.07) is 12.6. The van der Waals surface area contributed by atoms with E-state index in [2.05, 4.69) is 0 Å². The molecule has 0 radical (unpaired) electrons. The van der Waals surface area contributed by atoms with Crippen molar-refractivity contribution in [2.24, 2.45) is 5.92 Å². The maximum absolute atomic E-state index is 12.4. The highest BCUT2D eigenvalue weighted by molar-refractivity contribution is 5.99. The lowest BCUT2D eigenvalue weighted by Gasteiger charge is -2.20. The maximum atomic E-state index is 12.4. The molecule has 28 heavy (non-hydrogen) atoms. The number of aryl methyl sites for hydroxylation is 2. The quantitative estimate of drug-likeness (QED) is 0.531. The topological polar surface area (TPSA) is 118 Å². The number of carbonyl (C=O) groups excluding carboxylic acids is 2. The molecule has 2 atom stereocenters. The first kappa shape index (κ1) is 20.8. The summed E-state index contributed by atoms with van der Waals surface area (Å²) in [7, 11) is 0. The maximum Gasteiger partial charge on any atom is 0.345 e. The van der Waals surface area contributed by atoms with E-state index in [4.69, 9.17) is 4.74 Å². The van der Waals surface area contributed by atoms with Crippen LogP contribution in [0.3, 0.4) is 0 Å². The number of benzene rings is 2. The van der Waals surface area contributed by atoms with Gasteiger partial charge >= 0.3 is 17.9 Å². The molecule has 146 valence electrons. The predicted molar refractivity (Wildman–Crippen MR) is 99.3 cm³/mol. The van der Waals surface area contributed by atoms with Crippen LogP contribution in [-0.2, 0) is 14.3 Å². The van der Waals surface area contributed by atoms with Gasteiger partial charge in [0.05, 0.1) is 5.56 Å². The van der Waals surface area contributed by atoms with E-state index in [9.17, 15) is 29.4 Å². The molecule has 0 amide bonds. The summed E-state index contributed by atoms with van der Waals surface area (Å²) in [4.78, 5) is 47.8. The van der Waals surface area contributed by atoms with Crippen LogP contribution in [0, 0.1) is 19.8 Å². The van der Waals surface area contributed by atoms with Gasteiger partial charge in [0, 0.05) is 12.0 Å². The normalized spacial score (nSPS) is 12.6. The van der Waals surface area contributed by atoms with Crippen molar-refractivity contribution in [3.05, 3.63) is 70.8 Å². The van der Waals surface area contributed by atoms with Gasteiger partial charge in [0.2, 0.25) is 6.10 Å². The zero-order chi connectivity index (χ0) is 20.8. The van der Waals surface area contributed by atoms with Crippen molar-refractivity contribution in [2.45, 2.75) is 26.4 Å². The Kier molecular flexibility index (Phi) is 6.65. The molecule has 7 nitrogen and oxygen atoms in total. The third-order valence-corrected chi connectivity index (χ3v) is 4.23. The van der Waals surface area contributed by atoms with Gasteiger partial charge in [-0.05, 0) is 26.0 Å². The van der Waals surface area contributed by atoms with Crippen LogP contribution in [0.1, 0.15) is 38.3 Å². The van der Waals surface area contributed by atoms with Crippen molar-refractivity contribution in [3.63, 3.8) is 0 Å². The van der Waals surface area contributed by atoms with E-state index >= 15 is 0 Å². The number of aliphatic carboxylic acids is 2. The van der Waals surface area contributed by atoms with Gasteiger partial charge in [0.15, 0.2) is 5.78 Å². The molecule has 0 aliphatic carbocycles. The molecule has 7 heteroatoms. The van der Waals surface area contributed by atoms with E-state index in [0.717, 1.165) is 11.1 Å². The first-order valence-electron chi connectivity index (χ1n) is 8.52. The van der Waals surface area contributed by atoms with Crippen LogP contribution in [0.2, 0.25) is 0 Å². The van der Waals surface area contributed by atoms with Crippen molar-refractivity contribution in [1.29, 1.82) is 0 Å². The molecule has 0 unspecified atom stereocenters. The second-order valence-electron chi connectivity index (χ2n) is 6.47. The van der Waals surface area contributed by atoms with Gasteiger partial charge < -0.3 is 14.9 Å². The molecule has 0 aliphatic heterocycles. The van der Waals surface area contributed by atoms with Gasteiger partial charge in [-0.25, -0.2) is 9.59 Å². The number of ketones is 1. The van der Waals surface area contributed by atoms with Gasteiger partial charge in [0.1, 0.15) is 5.92 Å². The minimum atomic E-state index is -2.00. The molecule has 2 N–H and O–H groups in total. The molecule has 2 aromatic rings. The minimum absolute atomic E-state index is 0.0887. The third kappa shape index (κ3) is 5.26. The zero-order valence-corrected chi connectivity index (χ0v) is 15.4. The Morgan fingerprint density at radius 3 is 1.68 bits per heavy atom. The van der Waals surface area contributed by atoms with Crippen molar-refractivity contribution in [1.82, 2.24) is 0 Å². The molecule has 0 saturated heterocycles. The molecular weight excluding hydrogens is 364 g/mol. The number of hydrogen-bond acceptors (Lipinski definition) is 5. The number of carbonyl (C=O) groups is 4. The van der Waals surface area contributed by atoms with E-state index < -0.39 is 42.1 Å². The number of rotatable bonds is 8. The lowest BCUT2D eigenvalue weighted by atomic mass is 9.93. The average Bonchev–Trinajstić information content (AvgIpc) is 2.64. The van der Waals surface area contributed by atoms with Crippen LogP contribution in [-0.4, -0.2) is 40.0 Å². The molecule has 0 spiro atoms. The third-order valence-electron chi connectivity index (χ3n) is 4.23. The SMILES string of the molecule is Cc1ccc(C(=O)C[C@@H](C(=O)O)[C@@H](OC(=O)c2ccc(C)cc2)C(=O)O)cc1. The standard InChI is InChI=1S/C21H20O7/c1-12-3-7-14(8-4-12)17(22)11-16(19(23)24)18(20(25)26)28-21(27)15-9-5-13(2)6-10-15/h3-10,16,18H,11H2,1-2H3,(H,23,24)(H,25,26)/t16-,18-/m1/s1. The highest BCUT2D eigenvalue weighted by Crippen LogP contribution is 2.19. The fourth-order valence-electron chi connectivity index (χ4n) is 2.56. The van der Waals surface area contributed by atoms with Crippen molar-refractivity contribution >= 4 is 23.7 Å². The summed E-state index contributed by atoms with van der Waals surface area (Å²) < 4.78 is 4.95. The first-order chi connectivity index (χ1) is 13.2. The van der Waals surface area contributed by atoms with E-state index in [0.29, 0.717) is 0 Å². The summed E-state index contributed by atoms with van der Waals surface area (Å²) >= 11 is 0. The summed E-state index contributed by atoms with van der Waals surface area (Å²) in [5, 5.41) is 18.8. The van der Waals surface area contributed by atoms with E-state index in [1.165, 1.54) is 24.3 Å². The van der Waals surface area contributed by atoms with Crippen molar-refractivity contribution < 1.29 is 34.1 Å². The Labute approximate surface area is 161 Å². The fourth-order valence-corrected chi connectivity index (χ4v) is 2.56.